The third-order valence-electron chi connectivity index (χ3n) is 5.55. The topological polar surface area (TPSA) is 70.9 Å². The zero-order valence-electron chi connectivity index (χ0n) is 14.7. The van der Waals surface area contributed by atoms with Gasteiger partial charge in [0.05, 0.1) is 31.4 Å². The molecule has 134 valence electrons. The lowest BCUT2D eigenvalue weighted by atomic mass is 9.97. The van der Waals surface area contributed by atoms with Gasteiger partial charge in [0.1, 0.15) is 0 Å². The maximum Gasteiger partial charge on any atom is 0.223 e. The van der Waals surface area contributed by atoms with Gasteiger partial charge >= 0.3 is 0 Å². The van der Waals surface area contributed by atoms with Crippen LogP contribution in [0.5, 0.6) is 0 Å². The van der Waals surface area contributed by atoms with Gasteiger partial charge in [0.15, 0.2) is 0 Å². The number of sulfonamides is 1. The number of likely N-dealkylation sites (tertiary alicyclic amines) is 1. The van der Waals surface area contributed by atoms with Gasteiger partial charge in [-0.05, 0) is 46.0 Å². The molecule has 0 spiro atoms. The Morgan fingerprint density at radius 2 is 1.70 bits per heavy atom. The van der Waals surface area contributed by atoms with E-state index in [2.05, 4.69) is 19.2 Å². The van der Waals surface area contributed by atoms with Crippen molar-refractivity contribution in [1.29, 1.82) is 0 Å². The van der Waals surface area contributed by atoms with Crippen LogP contribution in [0.15, 0.2) is 0 Å². The van der Waals surface area contributed by atoms with Crippen molar-refractivity contribution in [2.24, 2.45) is 5.92 Å². The second-order valence-electron chi connectivity index (χ2n) is 7.29. The highest BCUT2D eigenvalue weighted by atomic mass is 32.2. The summed E-state index contributed by atoms with van der Waals surface area (Å²) in [7, 11) is -3.12. The minimum Gasteiger partial charge on any atom is -0.350 e. The van der Waals surface area contributed by atoms with Crippen molar-refractivity contribution in [3.8, 4) is 0 Å². The molecule has 3 atom stereocenters. The number of piperidine rings is 2. The second-order valence-corrected chi connectivity index (χ2v) is 9.27. The fourth-order valence-corrected chi connectivity index (χ4v) is 4.88. The van der Waals surface area contributed by atoms with Gasteiger partial charge in [-0.3, -0.25) is 4.79 Å². The van der Waals surface area contributed by atoms with Crippen molar-refractivity contribution in [3.63, 3.8) is 0 Å². The molecule has 0 radical (unpaired) electrons. The van der Waals surface area contributed by atoms with E-state index >= 15 is 0 Å². The van der Waals surface area contributed by atoms with Crippen LogP contribution in [0, 0.1) is 5.92 Å². The Hall–Kier alpha value is -0.660. The minimum absolute atomic E-state index is 0.0424. The lowest BCUT2D eigenvalue weighted by Crippen LogP contribution is -3.19. The molecule has 0 aromatic carbocycles. The van der Waals surface area contributed by atoms with Gasteiger partial charge in [0.25, 0.3) is 0 Å². The number of carbonyl (C=O) groups is 1. The maximum atomic E-state index is 12.3. The summed E-state index contributed by atoms with van der Waals surface area (Å²) in [6.07, 6.45) is 6.36. The largest absolute Gasteiger partial charge is 0.350 e. The summed E-state index contributed by atoms with van der Waals surface area (Å²) in [4.78, 5) is 13.9. The summed E-state index contributed by atoms with van der Waals surface area (Å²) in [5, 5.41) is 3.07. The molecule has 2 saturated heterocycles. The highest BCUT2D eigenvalue weighted by molar-refractivity contribution is 7.88. The fourth-order valence-electron chi connectivity index (χ4n) is 4.00. The lowest BCUT2D eigenvalue weighted by Gasteiger charge is -2.36. The van der Waals surface area contributed by atoms with Gasteiger partial charge in [-0.1, -0.05) is 0 Å². The zero-order chi connectivity index (χ0) is 17.0. The van der Waals surface area contributed by atoms with Crippen molar-refractivity contribution in [2.45, 2.75) is 58.0 Å². The number of quaternary nitrogens is 1. The summed E-state index contributed by atoms with van der Waals surface area (Å²) in [6, 6.07) is 1.35. The Kier molecular flexibility index (Phi) is 6.45. The normalized spacial score (nSPS) is 31.0. The maximum absolute atomic E-state index is 12.3. The molecule has 2 aliphatic rings. The van der Waals surface area contributed by atoms with Crippen molar-refractivity contribution < 1.29 is 18.1 Å². The highest BCUT2D eigenvalue weighted by Gasteiger charge is 2.30. The number of nitrogens with zero attached hydrogens (tertiary/aromatic N) is 1. The Bertz CT molecular complexity index is 491. The summed E-state index contributed by atoms with van der Waals surface area (Å²) in [5.41, 5.74) is 0. The number of carbonyl (C=O) groups excluding carboxylic acids is 1. The van der Waals surface area contributed by atoms with Gasteiger partial charge in [0, 0.05) is 19.0 Å². The highest BCUT2D eigenvalue weighted by Crippen LogP contribution is 2.19. The molecule has 0 aromatic rings. The molecule has 2 rings (SSSR count). The molecule has 2 fully saturated rings. The van der Waals surface area contributed by atoms with Gasteiger partial charge < -0.3 is 10.2 Å². The Morgan fingerprint density at radius 1 is 1.13 bits per heavy atom. The number of hydrogen-bond acceptors (Lipinski definition) is 3. The minimum atomic E-state index is -3.12. The molecule has 7 heteroatoms. The van der Waals surface area contributed by atoms with Crippen LogP contribution in [0.25, 0.3) is 0 Å². The number of amides is 1. The molecule has 1 amide bonds. The van der Waals surface area contributed by atoms with E-state index in [9.17, 15) is 13.2 Å². The van der Waals surface area contributed by atoms with E-state index in [-0.39, 0.29) is 11.8 Å². The van der Waals surface area contributed by atoms with E-state index in [1.165, 1.54) is 29.8 Å². The summed E-state index contributed by atoms with van der Waals surface area (Å²) < 4.78 is 24.5. The predicted octanol–water partition coefficient (Wildman–Crippen LogP) is -0.380. The first-order valence-electron chi connectivity index (χ1n) is 8.87. The van der Waals surface area contributed by atoms with Gasteiger partial charge in [-0.25, -0.2) is 12.7 Å². The molecule has 0 bridgehead atoms. The van der Waals surface area contributed by atoms with Gasteiger partial charge in [-0.2, -0.15) is 0 Å². The average molecular weight is 347 g/mol. The number of rotatable bonds is 5. The number of hydrogen-bond donors (Lipinski definition) is 2. The summed E-state index contributed by atoms with van der Waals surface area (Å²) in [5.74, 6) is 0.0501. The van der Waals surface area contributed by atoms with Crippen molar-refractivity contribution in [1.82, 2.24) is 9.62 Å². The van der Waals surface area contributed by atoms with Crippen LogP contribution >= 0.6 is 0 Å². The molecular formula is C16H32N3O3S+. The van der Waals surface area contributed by atoms with Crippen molar-refractivity contribution in [2.75, 3.05) is 32.4 Å². The van der Waals surface area contributed by atoms with Crippen LogP contribution in [-0.2, 0) is 14.8 Å². The molecule has 23 heavy (non-hydrogen) atoms. The zero-order valence-corrected chi connectivity index (χ0v) is 15.5. The first kappa shape index (κ1) is 18.7. The third-order valence-corrected chi connectivity index (χ3v) is 6.85. The van der Waals surface area contributed by atoms with Crippen LogP contribution < -0.4 is 10.2 Å². The van der Waals surface area contributed by atoms with Crippen LogP contribution in [0.4, 0.5) is 0 Å². The van der Waals surface area contributed by atoms with E-state index in [1.54, 1.807) is 4.90 Å². The smallest absolute Gasteiger partial charge is 0.223 e. The first-order valence-corrected chi connectivity index (χ1v) is 10.7. The molecule has 2 N–H and O–H groups in total. The molecule has 6 nitrogen and oxygen atoms in total. The third kappa shape index (κ3) is 5.16. The predicted molar refractivity (Wildman–Crippen MR) is 90.8 cm³/mol. The molecule has 1 unspecified atom stereocenters. The Morgan fingerprint density at radius 3 is 2.22 bits per heavy atom. The van der Waals surface area contributed by atoms with Gasteiger partial charge in [0.2, 0.25) is 15.9 Å². The molecule has 2 heterocycles. The summed E-state index contributed by atoms with van der Waals surface area (Å²) in [6.45, 7) is 7.22. The van der Waals surface area contributed by atoms with Crippen LogP contribution in [0.3, 0.4) is 0 Å². The fraction of sp³-hybridized carbons (Fsp3) is 0.938. The van der Waals surface area contributed by atoms with E-state index in [4.69, 9.17) is 0 Å². The van der Waals surface area contributed by atoms with Gasteiger partial charge in [-0.15, -0.1) is 0 Å². The molecule has 2 aliphatic heterocycles. The van der Waals surface area contributed by atoms with Crippen LogP contribution in [0.1, 0.15) is 46.0 Å². The average Bonchev–Trinajstić information content (AvgIpc) is 2.49. The second kappa shape index (κ2) is 7.94. The summed E-state index contributed by atoms with van der Waals surface area (Å²) >= 11 is 0. The van der Waals surface area contributed by atoms with E-state index in [0.717, 1.165) is 13.1 Å². The van der Waals surface area contributed by atoms with Crippen LogP contribution in [0.2, 0.25) is 0 Å². The molecule has 0 saturated carbocycles. The molecular weight excluding hydrogens is 314 g/mol. The standard InChI is InChI=1S/C16H31N3O3S/c1-13-5-4-6-14(2)19(13)12-9-17-16(20)15-7-10-18(11-8-15)23(3,21)22/h13-15H,4-12H2,1-3H3,(H,17,20)/p+1/t13-,14+. The monoisotopic (exact) mass is 346 g/mol. The quantitative estimate of drug-likeness (QED) is 0.713. The Labute approximate surface area is 140 Å². The van der Waals surface area contributed by atoms with Crippen molar-refractivity contribution in [3.05, 3.63) is 0 Å². The van der Waals surface area contributed by atoms with Crippen LogP contribution in [-0.4, -0.2) is 63.1 Å². The van der Waals surface area contributed by atoms with E-state index in [1.807, 2.05) is 0 Å². The lowest BCUT2D eigenvalue weighted by molar-refractivity contribution is -0.950. The molecule has 0 aromatic heterocycles. The van der Waals surface area contributed by atoms with Crippen molar-refractivity contribution >= 4 is 15.9 Å². The SMILES string of the molecule is C[C@@H]1CCC[C@H](C)[NH+]1CCNC(=O)C1CCN(S(C)(=O)=O)CC1. The first-order chi connectivity index (χ1) is 10.8. The number of nitrogens with one attached hydrogen (secondary N) is 2. The Balaban J connectivity index is 1.71. The molecule has 0 aliphatic carbocycles. The van der Waals surface area contributed by atoms with E-state index in [0.29, 0.717) is 38.0 Å². The van der Waals surface area contributed by atoms with E-state index < -0.39 is 10.0 Å².